The van der Waals surface area contributed by atoms with Gasteiger partial charge in [0.25, 0.3) is 0 Å². The summed E-state index contributed by atoms with van der Waals surface area (Å²) in [6.45, 7) is 14.2. The first kappa shape index (κ1) is 49.6. The number of hydrogen-bond acceptors (Lipinski definition) is 9. The van der Waals surface area contributed by atoms with Crippen LogP contribution in [0.5, 0.6) is 0 Å². The SMILES string of the molecule is CC(C)[C@H](CC(=O)[C@@H](CCCN=C(N)CP(C)C)NC(=O)[C@@H](CCCCNC(=O)OC(C)(C)C)CC(=O)OCC1c2ccccc2-c2ccccc21)C(=O)OCc1ccccc1. The Morgan fingerprint density at radius 2 is 1.44 bits per heavy atom. The minimum atomic E-state index is -0.949. The molecule has 0 aromatic heterocycles. The van der Waals surface area contributed by atoms with E-state index in [4.69, 9.17) is 19.9 Å². The zero-order valence-electron chi connectivity index (χ0n) is 37.6. The fraction of sp³-hybridized carbons (Fsp3) is 0.510. The van der Waals surface area contributed by atoms with Crippen LogP contribution in [0.15, 0.2) is 83.9 Å². The van der Waals surface area contributed by atoms with Crippen molar-refractivity contribution < 1.29 is 38.2 Å². The number of benzene rings is 3. The number of carbonyl (C=O) groups is 5. The maximum atomic E-state index is 14.3. The molecule has 3 aromatic rings. The molecule has 3 aromatic carbocycles. The van der Waals surface area contributed by atoms with Gasteiger partial charge in [0.1, 0.15) is 18.8 Å². The lowest BCUT2D eigenvalue weighted by molar-refractivity contribution is -0.153. The average molecular weight is 871 g/mol. The molecule has 0 saturated carbocycles. The number of fused-ring (bicyclic) bond motifs is 3. The number of rotatable bonds is 24. The molecule has 0 bridgehead atoms. The molecule has 4 N–H and O–H groups in total. The standard InChI is InChI=1S/C49H67N4O8P/c1-33(2)40(47(57)60-30-34-18-9-8-10-19-34)29-43(54)42(25-17-27-51-44(50)32-62(6)7)53-46(56)35(20-15-16-26-52-48(58)61-49(3,4)5)28-45(55)59-31-41-38-23-13-11-21-36(38)37-22-12-14-24-39(37)41/h8-14,18-19,21-24,33,35,40-42H,15-17,20,25-32H2,1-7H3,(H2,50,51)(H,52,58)(H,53,56)/t35-,40-,42+/m0/s1. The van der Waals surface area contributed by atoms with Crippen molar-refractivity contribution in [2.24, 2.45) is 28.5 Å². The van der Waals surface area contributed by atoms with Gasteiger partial charge in [-0.15, -0.1) is 7.92 Å². The largest absolute Gasteiger partial charge is 0.465 e. The maximum Gasteiger partial charge on any atom is 0.407 e. The van der Waals surface area contributed by atoms with Crippen LogP contribution in [0.3, 0.4) is 0 Å². The summed E-state index contributed by atoms with van der Waals surface area (Å²) in [5, 5.41) is 5.72. The highest BCUT2D eigenvalue weighted by Gasteiger charge is 2.34. The number of unbranched alkanes of at least 4 members (excludes halogenated alkanes) is 1. The number of ketones is 1. The van der Waals surface area contributed by atoms with E-state index in [0.717, 1.165) is 27.8 Å². The van der Waals surface area contributed by atoms with E-state index >= 15 is 0 Å². The van der Waals surface area contributed by atoms with Gasteiger partial charge in [0, 0.05) is 37.5 Å². The zero-order valence-corrected chi connectivity index (χ0v) is 38.5. The van der Waals surface area contributed by atoms with E-state index in [1.54, 1.807) is 20.8 Å². The summed E-state index contributed by atoms with van der Waals surface area (Å²) in [6.07, 6.45) is 1.87. The third-order valence-corrected chi connectivity index (χ3v) is 11.7. The van der Waals surface area contributed by atoms with Crippen molar-refractivity contribution in [1.29, 1.82) is 0 Å². The lowest BCUT2D eigenvalue weighted by Crippen LogP contribution is -2.45. The highest BCUT2D eigenvalue weighted by molar-refractivity contribution is 7.57. The van der Waals surface area contributed by atoms with E-state index in [9.17, 15) is 24.0 Å². The fourth-order valence-corrected chi connectivity index (χ4v) is 8.25. The van der Waals surface area contributed by atoms with Crippen molar-refractivity contribution in [1.82, 2.24) is 10.6 Å². The van der Waals surface area contributed by atoms with Crippen molar-refractivity contribution in [3.8, 4) is 11.1 Å². The van der Waals surface area contributed by atoms with Gasteiger partial charge in [-0.25, -0.2) is 4.79 Å². The van der Waals surface area contributed by atoms with Crippen molar-refractivity contribution in [3.05, 3.63) is 95.6 Å². The number of amidine groups is 1. The van der Waals surface area contributed by atoms with Gasteiger partial charge in [0.2, 0.25) is 5.91 Å². The lowest BCUT2D eigenvalue weighted by Gasteiger charge is -2.25. The minimum Gasteiger partial charge on any atom is -0.465 e. The van der Waals surface area contributed by atoms with Crippen LogP contribution in [0.2, 0.25) is 0 Å². The van der Waals surface area contributed by atoms with E-state index < -0.39 is 47.4 Å². The third kappa shape index (κ3) is 16.3. The number of nitrogens with zero attached hydrogens (tertiary/aromatic N) is 1. The molecule has 2 amide bonds. The maximum absolute atomic E-state index is 14.3. The van der Waals surface area contributed by atoms with E-state index in [1.165, 1.54) is 0 Å². The molecule has 0 saturated heterocycles. The number of ether oxygens (including phenoxy) is 3. The molecule has 1 aliphatic rings. The molecule has 62 heavy (non-hydrogen) atoms. The van der Waals surface area contributed by atoms with Crippen LogP contribution in [0, 0.1) is 17.8 Å². The van der Waals surface area contributed by atoms with Crippen molar-refractivity contribution in [3.63, 3.8) is 0 Å². The molecule has 0 fully saturated rings. The summed E-state index contributed by atoms with van der Waals surface area (Å²) in [6, 6.07) is 24.5. The molecule has 0 spiro atoms. The molecule has 13 heteroatoms. The number of esters is 2. The minimum absolute atomic E-state index is 0.0826. The molecule has 0 aliphatic heterocycles. The van der Waals surface area contributed by atoms with Crippen LogP contribution in [-0.4, -0.2) is 86.4 Å². The van der Waals surface area contributed by atoms with Crippen molar-refractivity contribution >= 4 is 43.5 Å². The molecular formula is C49H67N4O8P. The Kier molecular flexibility index (Phi) is 19.6. The van der Waals surface area contributed by atoms with Gasteiger partial charge in [-0.05, 0) is 93.5 Å². The van der Waals surface area contributed by atoms with Crippen LogP contribution in [0.4, 0.5) is 4.79 Å². The second-order valence-electron chi connectivity index (χ2n) is 17.7. The monoisotopic (exact) mass is 870 g/mol. The van der Waals surface area contributed by atoms with Gasteiger partial charge >= 0.3 is 18.0 Å². The number of Topliss-reactive ketones (excluding diaryl/α,β-unsaturated/α-hetero) is 1. The van der Waals surface area contributed by atoms with E-state index in [0.29, 0.717) is 50.8 Å². The molecule has 12 nitrogen and oxygen atoms in total. The van der Waals surface area contributed by atoms with Gasteiger partial charge in [-0.2, -0.15) is 0 Å². The summed E-state index contributed by atoms with van der Waals surface area (Å²) in [5.41, 5.74) is 10.7. The highest BCUT2D eigenvalue weighted by atomic mass is 31.1. The Morgan fingerprint density at radius 3 is 2.05 bits per heavy atom. The molecule has 0 heterocycles. The highest BCUT2D eigenvalue weighted by Crippen LogP contribution is 2.44. The number of alkyl carbamates (subject to hydrolysis) is 1. The smallest absolute Gasteiger partial charge is 0.407 e. The van der Waals surface area contributed by atoms with Crippen molar-refractivity contribution in [2.45, 2.75) is 104 Å². The number of nitrogens with one attached hydrogen (secondary N) is 2. The first-order valence-corrected chi connectivity index (χ1v) is 24.2. The summed E-state index contributed by atoms with van der Waals surface area (Å²) in [5.74, 6) is -3.15. The van der Waals surface area contributed by atoms with E-state index in [2.05, 4.69) is 41.1 Å². The van der Waals surface area contributed by atoms with E-state index in [1.807, 2.05) is 80.6 Å². The number of nitrogens with two attached hydrogens (primary N) is 1. The molecular weight excluding hydrogens is 804 g/mol. The topological polar surface area (TPSA) is 175 Å². The van der Waals surface area contributed by atoms with Gasteiger partial charge in [-0.3, -0.25) is 24.2 Å². The zero-order chi connectivity index (χ0) is 45.2. The summed E-state index contributed by atoms with van der Waals surface area (Å²) in [4.78, 5) is 72.3. The number of amides is 2. The molecule has 1 aliphatic carbocycles. The van der Waals surface area contributed by atoms with Crippen LogP contribution in [0.25, 0.3) is 11.1 Å². The lowest BCUT2D eigenvalue weighted by atomic mass is 9.87. The Balaban J connectivity index is 1.49. The third-order valence-electron chi connectivity index (χ3n) is 10.7. The summed E-state index contributed by atoms with van der Waals surface area (Å²) < 4.78 is 16.9. The predicted octanol–water partition coefficient (Wildman–Crippen LogP) is 8.38. The van der Waals surface area contributed by atoms with Crippen molar-refractivity contribution in [2.75, 3.05) is 39.2 Å². The fourth-order valence-electron chi connectivity index (χ4n) is 7.50. The molecule has 0 unspecified atom stereocenters. The molecule has 3 atom stereocenters. The molecule has 4 rings (SSSR count). The predicted molar refractivity (Wildman–Crippen MR) is 246 cm³/mol. The second-order valence-corrected chi connectivity index (χ2v) is 20.1. The van der Waals surface area contributed by atoms with E-state index in [-0.39, 0.29) is 58.0 Å². The van der Waals surface area contributed by atoms with Crippen LogP contribution in [0.1, 0.15) is 102 Å². The van der Waals surface area contributed by atoms with Gasteiger partial charge in [-0.1, -0.05) is 99.1 Å². The Bertz CT molecular complexity index is 1930. The number of aliphatic imine (C=N–C) groups is 1. The van der Waals surface area contributed by atoms with Crippen LogP contribution in [-0.2, 0) is 40.0 Å². The molecule has 0 radical (unpaired) electrons. The first-order chi connectivity index (χ1) is 29.5. The normalized spacial score (nSPS) is 14.0. The van der Waals surface area contributed by atoms with Crippen LogP contribution >= 0.6 is 7.92 Å². The summed E-state index contributed by atoms with van der Waals surface area (Å²) in [7, 11) is -0.272. The first-order valence-electron chi connectivity index (χ1n) is 21.8. The molecule has 336 valence electrons. The number of carbonyl (C=O) groups excluding carboxylic acids is 5. The van der Waals surface area contributed by atoms with Gasteiger partial charge in [0.05, 0.1) is 24.2 Å². The second kappa shape index (κ2) is 24.5. The van der Waals surface area contributed by atoms with Crippen LogP contribution < -0.4 is 16.4 Å². The Labute approximate surface area is 369 Å². The Hall–Kier alpha value is -5.09. The Morgan fingerprint density at radius 1 is 0.806 bits per heavy atom. The van der Waals surface area contributed by atoms with Gasteiger partial charge < -0.3 is 30.6 Å². The average Bonchev–Trinajstić information content (AvgIpc) is 3.54. The quantitative estimate of drug-likeness (QED) is 0.0199. The van der Waals surface area contributed by atoms with Gasteiger partial charge in [0.15, 0.2) is 5.78 Å². The summed E-state index contributed by atoms with van der Waals surface area (Å²) >= 11 is 0. The number of hydrogen-bond donors (Lipinski definition) is 3.